The lowest BCUT2D eigenvalue weighted by atomic mass is 9.72. The van der Waals surface area contributed by atoms with Crippen LogP contribution in [0.2, 0.25) is 0 Å². The number of aliphatic carboxylic acids is 1. The van der Waals surface area contributed by atoms with E-state index >= 15 is 0 Å². The van der Waals surface area contributed by atoms with Crippen LogP contribution in [0.25, 0.3) is 5.69 Å². The molecule has 6 heteroatoms. The van der Waals surface area contributed by atoms with Gasteiger partial charge in [-0.2, -0.15) is 0 Å². The van der Waals surface area contributed by atoms with E-state index in [4.69, 9.17) is 0 Å². The van der Waals surface area contributed by atoms with Gasteiger partial charge in [0.25, 0.3) is 0 Å². The highest BCUT2D eigenvalue weighted by Crippen LogP contribution is 2.35. The first-order valence-corrected chi connectivity index (χ1v) is 9.82. The van der Waals surface area contributed by atoms with E-state index in [1.54, 1.807) is 12.5 Å². The molecule has 0 spiro atoms. The summed E-state index contributed by atoms with van der Waals surface area (Å²) in [7, 11) is 0. The van der Waals surface area contributed by atoms with Crippen molar-refractivity contribution in [3.8, 4) is 5.69 Å². The van der Waals surface area contributed by atoms with Crippen LogP contribution >= 0.6 is 0 Å². The molecule has 1 aliphatic heterocycles. The molecule has 4 rings (SSSR count). The maximum absolute atomic E-state index is 12.3. The molecule has 150 valence electrons. The summed E-state index contributed by atoms with van der Waals surface area (Å²) in [5.41, 5.74) is 1.88. The molecule has 1 saturated heterocycles. The first kappa shape index (κ1) is 19.4. The van der Waals surface area contributed by atoms with Gasteiger partial charge >= 0.3 is 5.97 Å². The second-order valence-electron chi connectivity index (χ2n) is 7.78. The van der Waals surface area contributed by atoms with Crippen molar-refractivity contribution in [1.82, 2.24) is 14.5 Å². The highest BCUT2D eigenvalue weighted by Gasteiger charge is 2.49. The molecule has 2 aromatic carbocycles. The van der Waals surface area contributed by atoms with Crippen LogP contribution in [0.15, 0.2) is 73.3 Å². The van der Waals surface area contributed by atoms with E-state index in [0.29, 0.717) is 32.5 Å². The summed E-state index contributed by atoms with van der Waals surface area (Å²) < 4.78 is 1.94. The Labute approximate surface area is 170 Å². The third-order valence-corrected chi connectivity index (χ3v) is 5.80. The van der Waals surface area contributed by atoms with Gasteiger partial charge in [0.2, 0.25) is 0 Å². The maximum atomic E-state index is 12.3. The molecule has 3 aromatic rings. The maximum Gasteiger partial charge on any atom is 0.313 e. The van der Waals surface area contributed by atoms with E-state index < -0.39 is 17.5 Å². The van der Waals surface area contributed by atoms with Crippen LogP contribution in [-0.4, -0.2) is 49.8 Å². The highest BCUT2D eigenvalue weighted by atomic mass is 16.4. The fourth-order valence-corrected chi connectivity index (χ4v) is 4.16. The van der Waals surface area contributed by atoms with Crippen molar-refractivity contribution in [1.29, 1.82) is 0 Å². The molecule has 29 heavy (non-hydrogen) atoms. The minimum Gasteiger partial charge on any atom is -0.481 e. The van der Waals surface area contributed by atoms with Crippen molar-refractivity contribution in [2.24, 2.45) is 5.41 Å². The predicted octanol–water partition coefficient (Wildman–Crippen LogP) is 2.75. The lowest BCUT2D eigenvalue weighted by molar-refractivity contribution is -0.163. The van der Waals surface area contributed by atoms with Gasteiger partial charge in [0.05, 0.1) is 12.4 Å². The van der Waals surface area contributed by atoms with Crippen LogP contribution < -0.4 is 0 Å². The second-order valence-corrected chi connectivity index (χ2v) is 7.78. The van der Waals surface area contributed by atoms with Gasteiger partial charge in [-0.25, -0.2) is 4.98 Å². The van der Waals surface area contributed by atoms with E-state index in [1.807, 2.05) is 53.2 Å². The van der Waals surface area contributed by atoms with Crippen LogP contribution in [0.5, 0.6) is 0 Å². The van der Waals surface area contributed by atoms with Gasteiger partial charge < -0.3 is 14.8 Å². The summed E-state index contributed by atoms with van der Waals surface area (Å²) in [4.78, 5) is 18.5. The Balaban J connectivity index is 1.50. The lowest BCUT2D eigenvalue weighted by Gasteiger charge is -2.43. The van der Waals surface area contributed by atoms with Crippen molar-refractivity contribution < 1.29 is 15.0 Å². The molecule has 1 aromatic heterocycles. The molecular formula is C23H25N3O3. The number of aliphatic hydroxyl groups excluding tert-OH is 1. The van der Waals surface area contributed by atoms with Crippen molar-refractivity contribution in [2.75, 3.05) is 13.1 Å². The molecule has 6 nitrogen and oxygen atoms in total. The number of carbonyl (C=O) groups is 1. The van der Waals surface area contributed by atoms with Crippen LogP contribution in [0.3, 0.4) is 0 Å². The fourth-order valence-electron chi connectivity index (χ4n) is 4.16. The van der Waals surface area contributed by atoms with Gasteiger partial charge in [0.1, 0.15) is 5.41 Å². The molecule has 2 heterocycles. The number of hydrogen-bond acceptors (Lipinski definition) is 4. The minimum atomic E-state index is -1.20. The molecule has 0 radical (unpaired) electrons. The molecular weight excluding hydrogens is 366 g/mol. The average Bonchev–Trinajstić information content (AvgIpc) is 3.26. The Bertz CT molecular complexity index is 941. The Morgan fingerprint density at radius 2 is 1.86 bits per heavy atom. The van der Waals surface area contributed by atoms with Gasteiger partial charge in [0, 0.05) is 37.7 Å². The summed E-state index contributed by atoms with van der Waals surface area (Å²) in [6.45, 7) is 1.65. The zero-order valence-corrected chi connectivity index (χ0v) is 16.2. The monoisotopic (exact) mass is 391 g/mol. The van der Waals surface area contributed by atoms with E-state index in [-0.39, 0.29) is 0 Å². The highest BCUT2D eigenvalue weighted by molar-refractivity contribution is 5.76. The summed E-state index contributed by atoms with van der Waals surface area (Å²) in [6, 6.07) is 17.7. The quantitative estimate of drug-likeness (QED) is 0.676. The normalized spacial score (nSPS) is 22.4. The number of aromatic nitrogens is 2. The lowest BCUT2D eigenvalue weighted by Crippen LogP contribution is -2.56. The molecule has 1 fully saturated rings. The Kier molecular flexibility index (Phi) is 5.47. The zero-order chi connectivity index (χ0) is 20.3. The second kappa shape index (κ2) is 8.19. The summed E-state index contributed by atoms with van der Waals surface area (Å²) >= 11 is 0. The van der Waals surface area contributed by atoms with Crippen molar-refractivity contribution in [3.05, 3.63) is 84.4 Å². The van der Waals surface area contributed by atoms with Gasteiger partial charge in [-0.1, -0.05) is 42.5 Å². The molecule has 2 atom stereocenters. The van der Waals surface area contributed by atoms with Crippen molar-refractivity contribution >= 4 is 5.97 Å². The summed E-state index contributed by atoms with van der Waals surface area (Å²) in [6.07, 6.45) is 5.30. The first-order valence-electron chi connectivity index (χ1n) is 9.82. The van der Waals surface area contributed by atoms with Crippen LogP contribution in [0.1, 0.15) is 17.5 Å². The molecule has 2 N–H and O–H groups in total. The number of rotatable bonds is 6. The van der Waals surface area contributed by atoms with Crippen molar-refractivity contribution in [3.63, 3.8) is 0 Å². The molecule has 0 aliphatic carbocycles. The Morgan fingerprint density at radius 3 is 2.52 bits per heavy atom. The number of imidazole rings is 1. The smallest absolute Gasteiger partial charge is 0.313 e. The number of benzene rings is 2. The predicted molar refractivity (Wildman–Crippen MR) is 110 cm³/mol. The third-order valence-electron chi connectivity index (χ3n) is 5.80. The van der Waals surface area contributed by atoms with Crippen LogP contribution in [0, 0.1) is 5.41 Å². The number of likely N-dealkylation sites (tertiary alicyclic amines) is 1. The van der Waals surface area contributed by atoms with Gasteiger partial charge in [0.15, 0.2) is 0 Å². The number of aliphatic hydroxyl groups is 1. The summed E-state index contributed by atoms with van der Waals surface area (Å²) in [5, 5.41) is 20.7. The Morgan fingerprint density at radius 1 is 1.10 bits per heavy atom. The molecule has 1 aliphatic rings. The van der Waals surface area contributed by atoms with Crippen LogP contribution in [-0.2, 0) is 17.8 Å². The topological polar surface area (TPSA) is 78.6 Å². The SMILES string of the molecule is O=C(O)[C@]1(Cc2ccccc2)CN(Cc2ccc(-n3ccnc3)cc2)CC[C@H]1O. The largest absolute Gasteiger partial charge is 0.481 e. The fraction of sp³-hybridized carbons (Fsp3) is 0.304. The minimum absolute atomic E-state index is 0.320. The number of carboxylic acid groups (broad SMARTS) is 1. The van der Waals surface area contributed by atoms with Crippen molar-refractivity contribution in [2.45, 2.75) is 25.5 Å². The average molecular weight is 391 g/mol. The van der Waals surface area contributed by atoms with E-state index in [0.717, 1.165) is 16.8 Å². The number of nitrogens with zero attached hydrogens (tertiary/aromatic N) is 3. The van der Waals surface area contributed by atoms with E-state index in [1.165, 1.54) is 0 Å². The molecule has 0 bridgehead atoms. The van der Waals surface area contributed by atoms with Gasteiger partial charge in [-0.15, -0.1) is 0 Å². The Hall–Kier alpha value is -2.96. The zero-order valence-electron chi connectivity index (χ0n) is 16.2. The van der Waals surface area contributed by atoms with Gasteiger partial charge in [-0.3, -0.25) is 9.69 Å². The summed E-state index contributed by atoms with van der Waals surface area (Å²) in [5.74, 6) is -0.936. The number of hydrogen-bond donors (Lipinski definition) is 2. The van der Waals surface area contributed by atoms with Crippen LogP contribution in [0.4, 0.5) is 0 Å². The number of carboxylic acids is 1. The molecule has 0 amide bonds. The molecule has 0 saturated carbocycles. The standard InChI is InChI=1S/C23H25N3O3/c27-21-10-12-25(15-19-6-8-20(9-7-19)26-13-11-24-17-26)16-23(21,22(28)29)14-18-4-2-1-3-5-18/h1-9,11,13,17,21,27H,10,12,14-16H2,(H,28,29)/t21-,23-/m1/s1. The van der Waals surface area contributed by atoms with E-state index in [9.17, 15) is 15.0 Å². The first-order chi connectivity index (χ1) is 14.1. The van der Waals surface area contributed by atoms with Gasteiger partial charge in [-0.05, 0) is 36.1 Å². The number of piperidine rings is 1. The van der Waals surface area contributed by atoms with E-state index in [2.05, 4.69) is 22.0 Å². The third kappa shape index (κ3) is 4.09. The molecule has 0 unspecified atom stereocenters.